The second kappa shape index (κ2) is 58.6. The van der Waals surface area contributed by atoms with E-state index in [0.29, 0.717) is 116 Å². The Balaban J connectivity index is 1.33. The number of Topliss-reactive ketones (excluding diaryl/α,β-unsaturated/α-hetero) is 4. The zero-order valence-corrected chi connectivity index (χ0v) is 73.9. The summed E-state index contributed by atoms with van der Waals surface area (Å²) in [6.07, 6.45) is 3.28. The summed E-state index contributed by atoms with van der Waals surface area (Å²) in [5, 5.41) is 14.2. The SMILES string of the molecule is CC(=O)NC1[C@H](OCCCCC(=O)NCCCNC(=O)CCOCC(COCCC(=O)CCCCCC(=O)CCCCO[C@@H]2OC(COC(C)=O)[C@H](C)[C@H](C)C2C)(COCCC(=O)CCCCCC(=O)CCCCO[C@@H]2OC(COC(C)=O)[C@H](C)[C@H](C)C2NC(C)=O)NC(=O)CCCC(=O)Oc2c(F)c(F)c(F)c(F)c2F)OC(COC(C)=O)C(C)[C@@H]1C. The Morgan fingerprint density at radius 3 is 1.07 bits per heavy atom. The number of carbonyl (C=O) groups excluding carboxylic acids is 13. The lowest BCUT2D eigenvalue weighted by molar-refractivity contribution is -0.255. The van der Waals surface area contributed by atoms with Crippen LogP contribution in [0.1, 0.15) is 250 Å². The zero-order valence-electron chi connectivity index (χ0n) is 73.9. The van der Waals surface area contributed by atoms with Gasteiger partial charge in [0.25, 0.3) is 0 Å². The lowest BCUT2D eigenvalue weighted by atomic mass is 9.79. The second-order valence-electron chi connectivity index (χ2n) is 32.8. The number of ketones is 4. The third kappa shape index (κ3) is 41.6. The van der Waals surface area contributed by atoms with Crippen LogP contribution in [-0.2, 0) is 119 Å². The summed E-state index contributed by atoms with van der Waals surface area (Å²) >= 11 is 0. The first kappa shape index (κ1) is 108. The van der Waals surface area contributed by atoms with Gasteiger partial charge in [0.2, 0.25) is 64.4 Å². The average Bonchev–Trinajstić information content (AvgIpc) is 0.807. The van der Waals surface area contributed by atoms with Gasteiger partial charge < -0.3 is 88.2 Å². The van der Waals surface area contributed by atoms with Gasteiger partial charge in [-0.15, -0.1) is 0 Å². The molecule has 0 saturated carbocycles. The fourth-order valence-electron chi connectivity index (χ4n) is 14.5. The van der Waals surface area contributed by atoms with Crippen molar-refractivity contribution in [1.82, 2.24) is 26.6 Å². The number of carbonyl (C=O) groups is 13. The number of nitrogens with one attached hydrogen (secondary N) is 5. The molecule has 5 N–H and O–H groups in total. The van der Waals surface area contributed by atoms with Crippen LogP contribution < -0.4 is 31.3 Å². The van der Waals surface area contributed by atoms with Crippen LogP contribution in [0.25, 0.3) is 0 Å². The third-order valence-corrected chi connectivity index (χ3v) is 22.6. The van der Waals surface area contributed by atoms with Crippen LogP contribution in [0.15, 0.2) is 0 Å². The van der Waals surface area contributed by atoms with Gasteiger partial charge in [-0.3, -0.25) is 62.3 Å². The normalized spacial score (nSPS) is 23.0. The first-order valence-corrected chi connectivity index (χ1v) is 43.6. The number of ether oxygens (including phenoxy) is 13. The topological polar surface area (TPSA) is 402 Å². The summed E-state index contributed by atoms with van der Waals surface area (Å²) < 4.78 is 146. The lowest BCUT2D eigenvalue weighted by Crippen LogP contribution is -2.58. The maximum atomic E-state index is 14.4. The van der Waals surface area contributed by atoms with E-state index in [1.165, 1.54) is 34.6 Å². The van der Waals surface area contributed by atoms with Crippen molar-refractivity contribution in [3.05, 3.63) is 29.1 Å². The first-order chi connectivity index (χ1) is 58.4. The van der Waals surface area contributed by atoms with Gasteiger partial charge >= 0.3 is 23.9 Å². The summed E-state index contributed by atoms with van der Waals surface area (Å²) in [5.74, 6) is -18.5. The Hall–Kier alpha value is -7.58. The van der Waals surface area contributed by atoms with Gasteiger partial charge in [-0.1, -0.05) is 61.3 Å². The van der Waals surface area contributed by atoms with Gasteiger partial charge in [-0.05, 0) is 113 Å². The van der Waals surface area contributed by atoms with E-state index in [1.807, 2.05) is 27.7 Å². The molecule has 0 radical (unpaired) electrons. The molecule has 0 spiro atoms. The van der Waals surface area contributed by atoms with Crippen molar-refractivity contribution >= 4 is 76.5 Å². The molecule has 4 rings (SSSR count). The molecule has 0 aliphatic carbocycles. The number of benzene rings is 1. The molecule has 16 atom stereocenters. The van der Waals surface area contributed by atoms with Crippen molar-refractivity contribution in [3.8, 4) is 5.75 Å². The van der Waals surface area contributed by atoms with Gasteiger partial charge in [0.1, 0.15) is 48.5 Å². The summed E-state index contributed by atoms with van der Waals surface area (Å²) in [6.45, 7) is 20.4. The maximum Gasteiger partial charge on any atom is 0.311 e. The number of unbranched alkanes of at least 4 members (excludes halogenated alkanes) is 7. The Morgan fingerprint density at radius 2 is 0.667 bits per heavy atom. The molecule has 3 fully saturated rings. The van der Waals surface area contributed by atoms with Gasteiger partial charge in [0, 0.05) is 150 Å². The number of amides is 5. The molecule has 1 aromatic rings. The molecule has 0 bridgehead atoms. The largest absolute Gasteiger partial charge is 0.463 e. The highest BCUT2D eigenvalue weighted by Crippen LogP contribution is 2.38. The van der Waals surface area contributed by atoms with Crippen molar-refractivity contribution in [2.45, 2.75) is 305 Å². The molecule has 1 aromatic carbocycles. The third-order valence-electron chi connectivity index (χ3n) is 22.6. The Morgan fingerprint density at radius 1 is 0.333 bits per heavy atom. The highest BCUT2D eigenvalue weighted by molar-refractivity contribution is 5.81. The smallest absolute Gasteiger partial charge is 0.311 e. The summed E-state index contributed by atoms with van der Waals surface area (Å²) in [4.78, 5) is 164. The number of hydrogen-bond donors (Lipinski definition) is 5. The molecule has 36 heteroatoms. The van der Waals surface area contributed by atoms with Crippen molar-refractivity contribution in [3.63, 3.8) is 0 Å². The average molecular weight is 1760 g/mol. The molecule has 700 valence electrons. The van der Waals surface area contributed by atoms with Crippen molar-refractivity contribution in [2.75, 3.05) is 92.4 Å². The molecule has 3 heterocycles. The van der Waals surface area contributed by atoms with Crippen molar-refractivity contribution in [2.24, 2.45) is 41.4 Å². The summed E-state index contributed by atoms with van der Waals surface area (Å²) in [7, 11) is 0. The Labute approximate surface area is 719 Å². The molecule has 3 aliphatic rings. The van der Waals surface area contributed by atoms with Crippen LogP contribution in [0.2, 0.25) is 0 Å². The van der Waals surface area contributed by atoms with Gasteiger partial charge in [-0.25, -0.2) is 13.2 Å². The molecule has 31 nitrogen and oxygen atoms in total. The monoisotopic (exact) mass is 1760 g/mol. The predicted octanol–water partition coefficient (Wildman–Crippen LogP) is 10.2. The minimum atomic E-state index is -2.47. The fourth-order valence-corrected chi connectivity index (χ4v) is 14.5. The van der Waals surface area contributed by atoms with E-state index >= 15 is 0 Å². The molecule has 0 aromatic heterocycles. The van der Waals surface area contributed by atoms with Crippen molar-refractivity contribution in [1.29, 1.82) is 0 Å². The van der Waals surface area contributed by atoms with Crippen LogP contribution in [-0.4, -0.2) is 224 Å². The van der Waals surface area contributed by atoms with E-state index in [4.69, 9.17) is 56.8 Å². The number of halogens is 5. The molecular weight excluding hydrogens is 1630 g/mol. The van der Waals surface area contributed by atoms with Crippen molar-refractivity contribution < 1.29 is 146 Å². The lowest BCUT2D eigenvalue weighted by Gasteiger charge is -2.44. The van der Waals surface area contributed by atoms with E-state index in [2.05, 4.69) is 52.1 Å². The first-order valence-electron chi connectivity index (χ1n) is 43.6. The van der Waals surface area contributed by atoms with E-state index in [0.717, 1.165) is 0 Å². The van der Waals surface area contributed by atoms with Crippen LogP contribution in [0.5, 0.6) is 5.75 Å². The minimum absolute atomic E-state index is 0.0240. The highest BCUT2D eigenvalue weighted by Gasteiger charge is 2.46. The van der Waals surface area contributed by atoms with Crippen LogP contribution in [0.3, 0.4) is 0 Å². The van der Waals surface area contributed by atoms with Gasteiger partial charge in [0.15, 0.2) is 18.9 Å². The number of hydrogen-bond acceptors (Lipinski definition) is 26. The summed E-state index contributed by atoms with van der Waals surface area (Å²) in [5.41, 5.74) is -1.65. The molecule has 3 saturated heterocycles. The molecule has 8 unspecified atom stereocenters. The predicted molar refractivity (Wildman–Crippen MR) is 434 cm³/mol. The van der Waals surface area contributed by atoms with E-state index < -0.39 is 152 Å². The quantitative estimate of drug-likeness (QED) is 0.00769. The highest BCUT2D eigenvalue weighted by atomic mass is 19.2. The summed E-state index contributed by atoms with van der Waals surface area (Å²) in [6, 6.07) is -0.911. The maximum absolute atomic E-state index is 14.4. The Bertz CT molecular complexity index is 3360. The van der Waals surface area contributed by atoms with Gasteiger partial charge in [-0.2, -0.15) is 8.78 Å². The zero-order chi connectivity index (χ0) is 91.1. The molecule has 123 heavy (non-hydrogen) atoms. The number of esters is 4. The Kier molecular flexibility index (Phi) is 51.4. The van der Waals surface area contributed by atoms with Crippen LogP contribution in [0, 0.1) is 70.5 Å². The fraction of sp³-hybridized carbons (Fsp3) is 0.782. The molecule has 3 aliphatic heterocycles. The van der Waals surface area contributed by atoms with E-state index in [-0.39, 0.29) is 199 Å². The minimum Gasteiger partial charge on any atom is -0.463 e. The second-order valence-corrected chi connectivity index (χ2v) is 32.8. The molecule has 5 amide bonds. The van der Waals surface area contributed by atoms with Crippen LogP contribution >= 0.6 is 0 Å². The number of rotatable bonds is 63. The van der Waals surface area contributed by atoms with E-state index in [9.17, 15) is 84.3 Å². The van der Waals surface area contributed by atoms with E-state index in [1.54, 1.807) is 0 Å². The molecular formula is C87H136F5N5O26. The van der Waals surface area contributed by atoms with Gasteiger partial charge in [0.05, 0.1) is 70.0 Å². The standard InChI is InChI=1S/C87H136F5N5O26/c1-53-54(2)69(47-117-62(10)100)120-84(59(53)7)114-41-22-19-31-65(103)27-15-13-17-29-67(105)36-44-111-50-87(97-74(109)34-25-35-75(110)123-83-79(91)77(89)76(88)78(90)80(83)92,51-112-45-37-68(106)30-18-14-16-28-66(104)32-20-23-42-115-85-81(95-60(8)98)57(5)55(3)70(121-85)48-118-63(11)101)52-113-46-38-73(108)94-40-26-39-93-72(107)33-21-24-43-116-86-82(96-61(9)99)58(6)56(4)71(122-86)49-119-64(12)102/h53-59,69-71,81-82,84-86H,13-52H2,1-12H3,(H,93,107)(H,94,108)(H,95,98)(H,96,99)(H,97,109)/t53-,54+,55+,56?,57-,58-,59?,69?,70?,71?,81?,82?,84+,85+,86+,87?/m0/s1. The van der Waals surface area contributed by atoms with Crippen LogP contribution in [0.4, 0.5) is 22.0 Å².